The molecule has 1 aliphatic heterocycles. The van der Waals surface area contributed by atoms with Crippen molar-refractivity contribution in [3.63, 3.8) is 0 Å². The van der Waals surface area contributed by atoms with Crippen LogP contribution in [0, 0.1) is 0 Å². The molecule has 18 heavy (non-hydrogen) atoms. The molecule has 8 heteroatoms. The number of rotatable bonds is 3. The van der Waals surface area contributed by atoms with Crippen molar-refractivity contribution in [3.8, 4) is 0 Å². The van der Waals surface area contributed by atoms with Crippen molar-refractivity contribution in [2.75, 3.05) is 5.75 Å². The number of halogens is 4. The molecule has 2 heterocycles. The lowest BCUT2D eigenvalue weighted by atomic mass is 10.2. The fraction of sp³-hybridized carbons (Fsp3) is 0.800. The molecule has 1 aliphatic rings. The lowest BCUT2D eigenvalue weighted by molar-refractivity contribution is -0.122. The zero-order valence-corrected chi connectivity index (χ0v) is 12.0. The predicted octanol–water partition coefficient (Wildman–Crippen LogP) is 3.42. The largest absolute Gasteiger partial charge is 0.402 e. The highest BCUT2D eigenvalue weighted by atomic mass is 79.9. The highest BCUT2D eigenvalue weighted by Crippen LogP contribution is 2.31. The highest BCUT2D eigenvalue weighted by Gasteiger charge is 2.37. The first kappa shape index (κ1) is 14.2. The van der Waals surface area contributed by atoms with Gasteiger partial charge in [-0.1, -0.05) is 34.1 Å². The standard InChI is InChI=1S/C10H13BrF3N3S/c11-7(10(12,13)14)6-18-9-16-15-8-4-2-1-3-5-17(8)9/h7H,1-6H2. The van der Waals surface area contributed by atoms with Crippen LogP contribution in [-0.2, 0) is 13.0 Å². The van der Waals surface area contributed by atoms with Gasteiger partial charge in [-0.15, -0.1) is 10.2 Å². The molecule has 0 bridgehead atoms. The number of hydrogen-bond donors (Lipinski definition) is 0. The van der Waals surface area contributed by atoms with Crippen LogP contribution in [0.5, 0.6) is 0 Å². The molecule has 1 atom stereocenters. The second-order valence-corrected chi connectivity index (χ2v) is 6.27. The first-order valence-corrected chi connectivity index (χ1v) is 7.64. The molecule has 1 aromatic rings. The predicted molar refractivity (Wildman–Crippen MR) is 67.1 cm³/mol. The van der Waals surface area contributed by atoms with Gasteiger partial charge in [-0.3, -0.25) is 0 Å². The van der Waals surface area contributed by atoms with Crippen LogP contribution in [0.4, 0.5) is 13.2 Å². The summed E-state index contributed by atoms with van der Waals surface area (Å²) < 4.78 is 39.1. The summed E-state index contributed by atoms with van der Waals surface area (Å²) in [5.41, 5.74) is 0. The molecule has 102 valence electrons. The number of hydrogen-bond acceptors (Lipinski definition) is 3. The van der Waals surface area contributed by atoms with Crippen LogP contribution in [0.15, 0.2) is 5.16 Å². The summed E-state index contributed by atoms with van der Waals surface area (Å²) in [4.78, 5) is -1.51. The Morgan fingerprint density at radius 2 is 2.06 bits per heavy atom. The smallest absolute Gasteiger partial charge is 0.306 e. The van der Waals surface area contributed by atoms with E-state index in [1.54, 1.807) is 0 Å². The Balaban J connectivity index is 2.00. The summed E-state index contributed by atoms with van der Waals surface area (Å²) in [6.45, 7) is 0.809. The molecule has 2 rings (SSSR count). The second kappa shape index (κ2) is 5.81. The van der Waals surface area contributed by atoms with E-state index < -0.39 is 11.0 Å². The van der Waals surface area contributed by atoms with Crippen molar-refractivity contribution in [2.24, 2.45) is 0 Å². The molecule has 0 saturated heterocycles. The third-order valence-electron chi connectivity index (χ3n) is 2.79. The number of fused-ring (bicyclic) bond motifs is 1. The second-order valence-electron chi connectivity index (χ2n) is 4.18. The van der Waals surface area contributed by atoms with Crippen molar-refractivity contribution in [1.29, 1.82) is 0 Å². The van der Waals surface area contributed by atoms with Gasteiger partial charge >= 0.3 is 6.18 Å². The first-order valence-electron chi connectivity index (χ1n) is 5.74. The van der Waals surface area contributed by atoms with Gasteiger partial charge in [0.15, 0.2) is 5.16 Å². The molecule has 0 spiro atoms. The minimum atomic E-state index is -4.21. The van der Waals surface area contributed by atoms with E-state index in [9.17, 15) is 13.2 Å². The van der Waals surface area contributed by atoms with Gasteiger partial charge in [-0.2, -0.15) is 13.2 Å². The summed E-state index contributed by atoms with van der Waals surface area (Å²) in [6.07, 6.45) is -0.0989. The van der Waals surface area contributed by atoms with Crippen molar-refractivity contribution >= 4 is 27.7 Å². The molecule has 0 radical (unpaired) electrons. The van der Waals surface area contributed by atoms with E-state index in [4.69, 9.17) is 0 Å². The molecule has 0 fully saturated rings. The van der Waals surface area contributed by atoms with Crippen LogP contribution in [0.3, 0.4) is 0 Å². The summed E-state index contributed by atoms with van der Waals surface area (Å²) in [5.74, 6) is 0.815. The summed E-state index contributed by atoms with van der Waals surface area (Å²) >= 11 is 3.76. The van der Waals surface area contributed by atoms with Gasteiger partial charge in [0.2, 0.25) is 0 Å². The number of aromatic nitrogens is 3. The van der Waals surface area contributed by atoms with E-state index >= 15 is 0 Å². The van der Waals surface area contributed by atoms with Crippen molar-refractivity contribution in [2.45, 2.75) is 48.4 Å². The van der Waals surface area contributed by atoms with Crippen LogP contribution in [0.25, 0.3) is 0 Å². The summed E-state index contributed by atoms with van der Waals surface area (Å²) in [6, 6.07) is 0. The van der Waals surface area contributed by atoms with E-state index in [1.807, 2.05) is 4.57 Å². The fourth-order valence-electron chi connectivity index (χ4n) is 1.81. The van der Waals surface area contributed by atoms with Crippen LogP contribution in [-0.4, -0.2) is 31.5 Å². The van der Waals surface area contributed by atoms with Gasteiger partial charge < -0.3 is 4.57 Å². The molecule has 0 N–H and O–H groups in total. The number of nitrogens with zero attached hydrogens (tertiary/aromatic N) is 3. The highest BCUT2D eigenvalue weighted by molar-refractivity contribution is 9.09. The minimum absolute atomic E-state index is 0.0817. The first-order chi connectivity index (χ1) is 8.48. The lowest BCUT2D eigenvalue weighted by Crippen LogP contribution is -2.25. The van der Waals surface area contributed by atoms with Gasteiger partial charge in [0.1, 0.15) is 10.7 Å². The molecular formula is C10H13BrF3N3S. The quantitative estimate of drug-likeness (QED) is 0.622. The molecular weight excluding hydrogens is 331 g/mol. The van der Waals surface area contributed by atoms with Crippen LogP contribution >= 0.6 is 27.7 Å². The maximum Gasteiger partial charge on any atom is 0.402 e. The van der Waals surface area contributed by atoms with Gasteiger partial charge in [0.25, 0.3) is 0 Å². The number of thioether (sulfide) groups is 1. The Morgan fingerprint density at radius 1 is 1.28 bits per heavy atom. The van der Waals surface area contributed by atoms with Gasteiger partial charge in [0.05, 0.1) is 0 Å². The molecule has 0 aliphatic carbocycles. The average molecular weight is 344 g/mol. The minimum Gasteiger partial charge on any atom is -0.306 e. The topological polar surface area (TPSA) is 30.7 Å². The van der Waals surface area contributed by atoms with E-state index in [0.29, 0.717) is 5.16 Å². The third-order valence-corrected chi connectivity index (χ3v) is 5.12. The SMILES string of the molecule is FC(F)(F)C(Br)CSc1nnc2n1CCCCC2. The zero-order valence-electron chi connectivity index (χ0n) is 9.58. The van der Waals surface area contributed by atoms with E-state index in [-0.39, 0.29) is 5.75 Å². The normalized spacial score (nSPS) is 18.2. The van der Waals surface area contributed by atoms with Crippen molar-refractivity contribution < 1.29 is 13.2 Å². The van der Waals surface area contributed by atoms with Crippen LogP contribution in [0.2, 0.25) is 0 Å². The Hall–Kier alpha value is -0.240. The number of aryl methyl sites for hydroxylation is 1. The van der Waals surface area contributed by atoms with E-state index in [0.717, 1.165) is 49.8 Å². The zero-order chi connectivity index (χ0) is 13.2. The van der Waals surface area contributed by atoms with Gasteiger partial charge in [-0.25, -0.2) is 0 Å². The average Bonchev–Trinajstić information content (AvgIpc) is 2.53. The molecule has 3 nitrogen and oxygen atoms in total. The van der Waals surface area contributed by atoms with Crippen LogP contribution < -0.4 is 0 Å². The van der Waals surface area contributed by atoms with E-state index in [2.05, 4.69) is 26.1 Å². The molecule has 1 aromatic heterocycles. The van der Waals surface area contributed by atoms with Gasteiger partial charge in [0, 0.05) is 18.7 Å². The summed E-state index contributed by atoms with van der Waals surface area (Å²) in [5, 5.41) is 8.63. The van der Waals surface area contributed by atoms with Crippen LogP contribution in [0.1, 0.15) is 25.1 Å². The Kier molecular flexibility index (Phi) is 4.58. The van der Waals surface area contributed by atoms with Crippen molar-refractivity contribution in [3.05, 3.63) is 5.82 Å². The monoisotopic (exact) mass is 343 g/mol. The fourth-order valence-corrected chi connectivity index (χ4v) is 3.14. The lowest BCUT2D eigenvalue weighted by Gasteiger charge is -2.13. The third kappa shape index (κ3) is 3.40. The Morgan fingerprint density at radius 3 is 2.78 bits per heavy atom. The Bertz CT molecular complexity index is 408. The van der Waals surface area contributed by atoms with E-state index in [1.165, 1.54) is 0 Å². The summed E-state index contributed by atoms with van der Waals surface area (Å²) in [7, 11) is 0. The Labute approximate surface area is 116 Å². The van der Waals surface area contributed by atoms with Crippen molar-refractivity contribution in [1.82, 2.24) is 14.8 Å². The maximum absolute atomic E-state index is 12.4. The molecule has 1 unspecified atom stereocenters. The molecule has 0 saturated carbocycles. The van der Waals surface area contributed by atoms with Gasteiger partial charge in [-0.05, 0) is 12.8 Å². The maximum atomic E-state index is 12.4. The molecule has 0 amide bonds. The molecule has 0 aromatic carbocycles. The number of alkyl halides is 4.